The molecule has 1 fully saturated rings. The van der Waals surface area contributed by atoms with E-state index in [0.29, 0.717) is 36.6 Å². The second-order valence-corrected chi connectivity index (χ2v) is 8.44. The van der Waals surface area contributed by atoms with Crippen molar-refractivity contribution in [3.05, 3.63) is 82.0 Å². The molecule has 33 heavy (non-hydrogen) atoms. The van der Waals surface area contributed by atoms with E-state index < -0.39 is 0 Å². The smallest absolute Gasteiger partial charge is 0.256 e. The molecule has 7 nitrogen and oxygen atoms in total. The van der Waals surface area contributed by atoms with Crippen molar-refractivity contribution in [1.29, 1.82) is 0 Å². The maximum absolute atomic E-state index is 13.1. The van der Waals surface area contributed by atoms with Crippen LogP contribution in [-0.4, -0.2) is 56.7 Å². The Balaban J connectivity index is 1.48. The monoisotopic (exact) mass is 465 g/mol. The molecule has 0 saturated carbocycles. The highest BCUT2D eigenvalue weighted by Gasteiger charge is 2.24. The summed E-state index contributed by atoms with van der Waals surface area (Å²) >= 11 is 1.45. The largest absolute Gasteiger partial charge is 0.497 e. The second-order valence-electron chi connectivity index (χ2n) is 7.66. The fraction of sp³-hybridized carbons (Fsp3) is 0.280. The number of hydrogen-bond acceptors (Lipinski definition) is 6. The zero-order valence-corrected chi connectivity index (χ0v) is 19.3. The van der Waals surface area contributed by atoms with Crippen molar-refractivity contribution in [1.82, 2.24) is 10.2 Å². The van der Waals surface area contributed by atoms with Crippen LogP contribution in [0.4, 0.5) is 5.69 Å². The molecule has 1 aliphatic rings. The number of para-hydroxylation sites is 1. The van der Waals surface area contributed by atoms with E-state index in [-0.39, 0.29) is 17.9 Å². The molecule has 1 aromatic heterocycles. The Morgan fingerprint density at radius 1 is 1.06 bits per heavy atom. The van der Waals surface area contributed by atoms with Gasteiger partial charge in [0.2, 0.25) is 0 Å². The highest BCUT2D eigenvalue weighted by Crippen LogP contribution is 2.24. The summed E-state index contributed by atoms with van der Waals surface area (Å²) in [7, 11) is 1.64. The molecule has 0 bridgehead atoms. The SMILES string of the molecule is COc1ccc(C(CNC(=O)c2ccccc2NC(=O)c2ccsc2)N2CCOCC2)cc1. The van der Waals surface area contributed by atoms with Crippen LogP contribution in [0.15, 0.2) is 65.4 Å². The van der Waals surface area contributed by atoms with Gasteiger partial charge < -0.3 is 20.1 Å². The molecule has 4 rings (SSSR count). The predicted octanol–water partition coefficient (Wildman–Crippen LogP) is 3.81. The third kappa shape index (κ3) is 5.78. The summed E-state index contributed by atoms with van der Waals surface area (Å²) in [6.45, 7) is 3.34. The number of thiophene rings is 1. The number of carbonyl (C=O) groups excluding carboxylic acids is 2. The number of carbonyl (C=O) groups is 2. The molecular weight excluding hydrogens is 438 g/mol. The zero-order valence-electron chi connectivity index (χ0n) is 18.5. The number of rotatable bonds is 8. The van der Waals surface area contributed by atoms with Crippen LogP contribution in [0.1, 0.15) is 32.3 Å². The van der Waals surface area contributed by atoms with Gasteiger partial charge in [0.25, 0.3) is 11.8 Å². The van der Waals surface area contributed by atoms with Gasteiger partial charge >= 0.3 is 0 Å². The molecule has 2 aromatic carbocycles. The Morgan fingerprint density at radius 3 is 2.52 bits per heavy atom. The van der Waals surface area contributed by atoms with Gasteiger partial charge in [-0.15, -0.1) is 0 Å². The van der Waals surface area contributed by atoms with Gasteiger partial charge in [0.05, 0.1) is 43.2 Å². The Hall–Kier alpha value is -3.20. The van der Waals surface area contributed by atoms with Gasteiger partial charge in [0.15, 0.2) is 0 Å². The molecule has 1 saturated heterocycles. The lowest BCUT2D eigenvalue weighted by atomic mass is 10.0. The van der Waals surface area contributed by atoms with Crippen LogP contribution in [0, 0.1) is 0 Å². The number of benzene rings is 2. The maximum atomic E-state index is 13.1. The van der Waals surface area contributed by atoms with Crippen LogP contribution in [-0.2, 0) is 4.74 Å². The minimum Gasteiger partial charge on any atom is -0.497 e. The number of morpholine rings is 1. The second kappa shape index (κ2) is 11.1. The molecule has 0 spiro atoms. The molecule has 1 unspecified atom stereocenters. The lowest BCUT2D eigenvalue weighted by Crippen LogP contribution is -2.43. The minimum absolute atomic E-state index is 0.00341. The molecule has 2 N–H and O–H groups in total. The van der Waals surface area contributed by atoms with Gasteiger partial charge in [-0.2, -0.15) is 11.3 Å². The Kier molecular flexibility index (Phi) is 7.72. The third-order valence-corrected chi connectivity index (χ3v) is 6.33. The molecule has 1 atom stereocenters. The zero-order chi connectivity index (χ0) is 23.0. The van der Waals surface area contributed by atoms with Crippen molar-refractivity contribution in [3.8, 4) is 5.75 Å². The van der Waals surface area contributed by atoms with Crippen LogP contribution in [0.2, 0.25) is 0 Å². The Labute approximate surface area is 197 Å². The van der Waals surface area contributed by atoms with Gasteiger partial charge in [-0.3, -0.25) is 14.5 Å². The summed E-state index contributed by atoms with van der Waals surface area (Å²) in [5.41, 5.74) is 2.58. The Morgan fingerprint density at radius 2 is 1.82 bits per heavy atom. The van der Waals surface area contributed by atoms with E-state index in [1.54, 1.807) is 42.8 Å². The Bertz CT molecular complexity index is 1060. The molecule has 0 aliphatic carbocycles. The molecule has 2 heterocycles. The fourth-order valence-corrected chi connectivity index (χ4v) is 4.47. The van der Waals surface area contributed by atoms with Crippen LogP contribution in [0.5, 0.6) is 5.75 Å². The molecule has 172 valence electrons. The lowest BCUT2D eigenvalue weighted by Gasteiger charge is -2.35. The van der Waals surface area contributed by atoms with E-state index in [1.165, 1.54) is 11.3 Å². The molecule has 8 heteroatoms. The van der Waals surface area contributed by atoms with E-state index in [4.69, 9.17) is 9.47 Å². The van der Waals surface area contributed by atoms with Crippen molar-refractivity contribution in [2.45, 2.75) is 6.04 Å². The summed E-state index contributed by atoms with van der Waals surface area (Å²) in [5.74, 6) is 0.322. The quantitative estimate of drug-likeness (QED) is 0.529. The van der Waals surface area contributed by atoms with Gasteiger partial charge in [0.1, 0.15) is 5.75 Å². The number of ether oxygens (including phenoxy) is 2. The standard InChI is InChI=1S/C25H27N3O4S/c1-31-20-8-6-18(7-9-20)23(28-11-13-32-14-12-28)16-26-25(30)21-4-2-3-5-22(21)27-24(29)19-10-15-33-17-19/h2-10,15,17,23H,11-14,16H2,1H3,(H,26,30)(H,27,29). The van der Waals surface area contributed by atoms with E-state index in [1.807, 2.05) is 29.6 Å². The van der Waals surface area contributed by atoms with Crippen molar-refractivity contribution < 1.29 is 19.1 Å². The van der Waals surface area contributed by atoms with Gasteiger partial charge in [-0.1, -0.05) is 24.3 Å². The first kappa shape index (κ1) is 23.0. The van der Waals surface area contributed by atoms with Gasteiger partial charge in [-0.05, 0) is 41.3 Å². The van der Waals surface area contributed by atoms with Crippen molar-refractivity contribution in [2.24, 2.45) is 0 Å². The van der Waals surface area contributed by atoms with Crippen molar-refractivity contribution in [3.63, 3.8) is 0 Å². The molecule has 2 amide bonds. The predicted molar refractivity (Wildman–Crippen MR) is 129 cm³/mol. The molecule has 1 aliphatic heterocycles. The average Bonchev–Trinajstić information content (AvgIpc) is 3.41. The van der Waals surface area contributed by atoms with E-state index in [0.717, 1.165) is 24.4 Å². The number of amides is 2. The summed E-state index contributed by atoms with van der Waals surface area (Å²) in [4.78, 5) is 27.9. The number of nitrogens with zero attached hydrogens (tertiary/aromatic N) is 1. The molecular formula is C25H27N3O4S. The van der Waals surface area contributed by atoms with Crippen molar-refractivity contribution in [2.75, 3.05) is 45.3 Å². The molecule has 3 aromatic rings. The summed E-state index contributed by atoms with van der Waals surface area (Å²) < 4.78 is 10.8. The van der Waals surface area contributed by atoms with E-state index >= 15 is 0 Å². The number of methoxy groups -OCH3 is 1. The summed E-state index contributed by atoms with van der Waals surface area (Å²) in [6, 6.07) is 16.7. The normalized spacial score (nSPS) is 14.9. The summed E-state index contributed by atoms with van der Waals surface area (Å²) in [5, 5.41) is 9.55. The highest BCUT2D eigenvalue weighted by atomic mass is 32.1. The van der Waals surface area contributed by atoms with Crippen LogP contribution in [0.3, 0.4) is 0 Å². The number of anilines is 1. The van der Waals surface area contributed by atoms with Gasteiger partial charge in [0, 0.05) is 25.0 Å². The fourth-order valence-electron chi connectivity index (χ4n) is 3.84. The minimum atomic E-state index is -0.235. The maximum Gasteiger partial charge on any atom is 0.256 e. The first-order valence-corrected chi connectivity index (χ1v) is 11.8. The van der Waals surface area contributed by atoms with Crippen LogP contribution in [0.25, 0.3) is 0 Å². The van der Waals surface area contributed by atoms with Crippen LogP contribution >= 0.6 is 11.3 Å². The van der Waals surface area contributed by atoms with Crippen LogP contribution < -0.4 is 15.4 Å². The highest BCUT2D eigenvalue weighted by molar-refractivity contribution is 7.08. The summed E-state index contributed by atoms with van der Waals surface area (Å²) in [6.07, 6.45) is 0. The van der Waals surface area contributed by atoms with Gasteiger partial charge in [-0.25, -0.2) is 0 Å². The lowest BCUT2D eigenvalue weighted by molar-refractivity contribution is 0.0162. The first-order valence-electron chi connectivity index (χ1n) is 10.8. The van der Waals surface area contributed by atoms with E-state index in [2.05, 4.69) is 15.5 Å². The third-order valence-electron chi connectivity index (χ3n) is 5.65. The first-order chi connectivity index (χ1) is 16.2. The van der Waals surface area contributed by atoms with E-state index in [9.17, 15) is 9.59 Å². The topological polar surface area (TPSA) is 79.9 Å². The van der Waals surface area contributed by atoms with Crippen molar-refractivity contribution >= 4 is 28.8 Å². The number of hydrogen-bond donors (Lipinski definition) is 2. The number of nitrogens with one attached hydrogen (secondary N) is 2. The average molecular weight is 466 g/mol. The molecule has 0 radical (unpaired) electrons.